The fraction of sp³-hybridized carbons (Fsp3) is 0. The normalized spacial score (nSPS) is 11.5. The maximum Gasteiger partial charge on any atom is 0.194 e. The molecule has 2 aromatic heterocycles. The van der Waals surface area contributed by atoms with Crippen LogP contribution in [0, 0.1) is 6.57 Å². The molecule has 0 saturated carbocycles. The summed E-state index contributed by atoms with van der Waals surface area (Å²) in [5, 5.41) is 8.94. The Hall–Kier alpha value is -4.81. The smallest absolute Gasteiger partial charge is 0.194 e. The van der Waals surface area contributed by atoms with Crippen molar-refractivity contribution in [3.05, 3.63) is 115 Å². The fourth-order valence-electron chi connectivity index (χ4n) is 5.21. The molecule has 0 unspecified atom stereocenters. The SMILES string of the molecule is [C-]#[N+]c1ccc(-c2nc3ccccc3c3c2ccc2ccc4ncccc4c23)c2ccccc12. The third kappa shape index (κ3) is 2.57. The van der Waals surface area contributed by atoms with Crippen LogP contribution in [0.15, 0.2) is 103 Å². The van der Waals surface area contributed by atoms with Gasteiger partial charge in [-0.2, -0.15) is 0 Å². The lowest BCUT2D eigenvalue weighted by Gasteiger charge is -2.15. The van der Waals surface area contributed by atoms with E-state index < -0.39 is 0 Å². The number of aromatic nitrogens is 2. The minimum absolute atomic E-state index is 0.659. The van der Waals surface area contributed by atoms with Gasteiger partial charge in [0.25, 0.3) is 0 Å². The van der Waals surface area contributed by atoms with E-state index in [-0.39, 0.29) is 0 Å². The first-order valence-electron chi connectivity index (χ1n) is 11.2. The average Bonchev–Trinajstić information content (AvgIpc) is 2.91. The van der Waals surface area contributed by atoms with E-state index in [0.29, 0.717) is 5.69 Å². The highest BCUT2D eigenvalue weighted by Gasteiger charge is 2.17. The standard InChI is InChI=1S/C31H17N3/c1-32-26-17-15-22(20-7-2-3-8-21(20)26)31-25-14-12-19-13-16-27-23(10-6-18-33-27)29(19)30(25)24-9-4-5-11-28(24)34-31/h2-18H. The van der Waals surface area contributed by atoms with Crippen molar-refractivity contribution in [3.8, 4) is 11.3 Å². The number of fused-ring (bicyclic) bond motifs is 8. The first-order chi connectivity index (χ1) is 16.8. The topological polar surface area (TPSA) is 30.1 Å². The largest absolute Gasteiger partial charge is 0.256 e. The number of para-hydroxylation sites is 1. The van der Waals surface area contributed by atoms with Gasteiger partial charge in [-0.05, 0) is 39.7 Å². The molecular weight excluding hydrogens is 414 g/mol. The number of hydrogen-bond donors (Lipinski definition) is 0. The molecule has 34 heavy (non-hydrogen) atoms. The minimum Gasteiger partial charge on any atom is -0.256 e. The summed E-state index contributed by atoms with van der Waals surface area (Å²) in [5.74, 6) is 0. The van der Waals surface area contributed by atoms with Crippen molar-refractivity contribution in [2.45, 2.75) is 0 Å². The van der Waals surface area contributed by atoms with E-state index >= 15 is 0 Å². The molecule has 0 radical (unpaired) electrons. The summed E-state index contributed by atoms with van der Waals surface area (Å²) in [6, 6.07) is 33.2. The maximum atomic E-state index is 7.61. The zero-order chi connectivity index (χ0) is 22.6. The molecule has 0 N–H and O–H groups in total. The van der Waals surface area contributed by atoms with Gasteiger partial charge in [0, 0.05) is 33.3 Å². The first-order valence-corrected chi connectivity index (χ1v) is 11.2. The van der Waals surface area contributed by atoms with E-state index in [1.807, 2.05) is 48.7 Å². The third-order valence-corrected chi connectivity index (χ3v) is 6.70. The minimum atomic E-state index is 0.659. The molecule has 0 aliphatic carbocycles. The molecule has 0 spiro atoms. The van der Waals surface area contributed by atoms with Crippen LogP contribution in [0.5, 0.6) is 0 Å². The van der Waals surface area contributed by atoms with Gasteiger partial charge in [-0.25, -0.2) is 9.83 Å². The fourth-order valence-corrected chi connectivity index (χ4v) is 5.21. The molecule has 0 atom stereocenters. The Balaban J connectivity index is 1.74. The number of nitrogens with zero attached hydrogens (tertiary/aromatic N) is 3. The highest BCUT2D eigenvalue weighted by molar-refractivity contribution is 6.29. The highest BCUT2D eigenvalue weighted by atomic mass is 14.7. The van der Waals surface area contributed by atoms with Crippen molar-refractivity contribution in [1.29, 1.82) is 0 Å². The lowest BCUT2D eigenvalue weighted by molar-refractivity contribution is 1.42. The van der Waals surface area contributed by atoms with Crippen LogP contribution in [0.4, 0.5) is 5.69 Å². The van der Waals surface area contributed by atoms with E-state index in [1.54, 1.807) is 0 Å². The van der Waals surface area contributed by atoms with Crippen LogP contribution in [0.1, 0.15) is 0 Å². The van der Waals surface area contributed by atoms with E-state index in [9.17, 15) is 0 Å². The molecule has 0 bridgehead atoms. The van der Waals surface area contributed by atoms with Gasteiger partial charge in [0.15, 0.2) is 5.69 Å². The van der Waals surface area contributed by atoms with Crippen molar-refractivity contribution in [2.75, 3.05) is 0 Å². The molecule has 2 heterocycles. The Morgan fingerprint density at radius 3 is 2.18 bits per heavy atom. The molecule has 0 saturated heterocycles. The van der Waals surface area contributed by atoms with Gasteiger partial charge in [-0.1, -0.05) is 78.9 Å². The first kappa shape index (κ1) is 18.7. The lowest BCUT2D eigenvalue weighted by atomic mass is 9.91. The van der Waals surface area contributed by atoms with Crippen LogP contribution in [0.3, 0.4) is 0 Å². The molecule has 7 rings (SSSR count). The van der Waals surface area contributed by atoms with E-state index in [0.717, 1.165) is 49.2 Å². The molecule has 156 valence electrons. The quantitative estimate of drug-likeness (QED) is 0.193. The Morgan fingerprint density at radius 2 is 1.29 bits per heavy atom. The second kappa shape index (κ2) is 7.10. The Kier molecular flexibility index (Phi) is 3.91. The van der Waals surface area contributed by atoms with Gasteiger partial charge in [0.1, 0.15) is 0 Å². The van der Waals surface area contributed by atoms with E-state index in [2.05, 4.69) is 64.4 Å². The van der Waals surface area contributed by atoms with E-state index in [1.165, 1.54) is 16.2 Å². The second-order valence-electron chi connectivity index (χ2n) is 8.49. The van der Waals surface area contributed by atoms with Gasteiger partial charge in [-0.3, -0.25) is 4.98 Å². The van der Waals surface area contributed by atoms with Gasteiger partial charge in [0.05, 0.1) is 23.3 Å². The summed E-state index contributed by atoms with van der Waals surface area (Å²) in [4.78, 5) is 13.5. The molecule has 0 amide bonds. The summed E-state index contributed by atoms with van der Waals surface area (Å²) in [6.45, 7) is 7.61. The predicted octanol–water partition coefficient (Wildman–Crippen LogP) is 8.46. The zero-order valence-electron chi connectivity index (χ0n) is 18.2. The Labute approximate surface area is 195 Å². The van der Waals surface area contributed by atoms with E-state index in [4.69, 9.17) is 11.6 Å². The molecule has 0 fully saturated rings. The number of benzene rings is 5. The summed E-state index contributed by atoms with van der Waals surface area (Å²) < 4.78 is 0. The van der Waals surface area contributed by atoms with Crippen molar-refractivity contribution in [2.24, 2.45) is 0 Å². The lowest BCUT2D eigenvalue weighted by Crippen LogP contribution is -1.92. The monoisotopic (exact) mass is 431 g/mol. The molecule has 7 aromatic rings. The molecular formula is C31H17N3. The summed E-state index contributed by atoms with van der Waals surface area (Å²) in [5.41, 5.74) is 4.57. The van der Waals surface area contributed by atoms with Crippen molar-refractivity contribution in [3.63, 3.8) is 0 Å². The molecule has 3 heteroatoms. The van der Waals surface area contributed by atoms with Crippen LogP contribution in [0.2, 0.25) is 0 Å². The number of pyridine rings is 2. The van der Waals surface area contributed by atoms with Crippen molar-refractivity contribution < 1.29 is 0 Å². The third-order valence-electron chi connectivity index (χ3n) is 6.70. The highest BCUT2D eigenvalue weighted by Crippen LogP contribution is 2.42. The van der Waals surface area contributed by atoms with Crippen LogP contribution < -0.4 is 0 Å². The summed E-state index contributed by atoms with van der Waals surface area (Å²) in [7, 11) is 0. The van der Waals surface area contributed by atoms with Crippen molar-refractivity contribution >= 4 is 59.8 Å². The number of hydrogen-bond acceptors (Lipinski definition) is 2. The van der Waals surface area contributed by atoms with Crippen LogP contribution in [0.25, 0.3) is 70.2 Å². The van der Waals surface area contributed by atoms with Crippen LogP contribution >= 0.6 is 0 Å². The van der Waals surface area contributed by atoms with Gasteiger partial charge >= 0.3 is 0 Å². The van der Waals surface area contributed by atoms with Crippen molar-refractivity contribution in [1.82, 2.24) is 9.97 Å². The summed E-state index contributed by atoms with van der Waals surface area (Å²) in [6.07, 6.45) is 1.84. The zero-order valence-corrected chi connectivity index (χ0v) is 18.2. The molecule has 0 aliphatic heterocycles. The summed E-state index contributed by atoms with van der Waals surface area (Å²) >= 11 is 0. The number of rotatable bonds is 1. The Morgan fingerprint density at radius 1 is 0.559 bits per heavy atom. The molecule has 5 aromatic carbocycles. The van der Waals surface area contributed by atoms with Gasteiger partial charge in [-0.15, -0.1) is 0 Å². The Bertz CT molecular complexity index is 1980. The van der Waals surface area contributed by atoms with Crippen LogP contribution in [-0.4, -0.2) is 9.97 Å². The van der Waals surface area contributed by atoms with Gasteiger partial charge < -0.3 is 0 Å². The van der Waals surface area contributed by atoms with Gasteiger partial charge in [0.2, 0.25) is 0 Å². The molecule has 3 nitrogen and oxygen atoms in total. The second-order valence-corrected chi connectivity index (χ2v) is 8.49. The van der Waals surface area contributed by atoms with Crippen LogP contribution in [-0.2, 0) is 0 Å². The average molecular weight is 431 g/mol. The molecule has 0 aliphatic rings. The predicted molar refractivity (Wildman–Crippen MR) is 141 cm³/mol. The maximum absolute atomic E-state index is 7.61.